The van der Waals surface area contributed by atoms with Crippen molar-refractivity contribution in [1.82, 2.24) is 0 Å². The normalized spacial score (nSPS) is 44.7. The lowest BCUT2D eigenvalue weighted by atomic mass is 9.60. The first-order valence-electron chi connectivity index (χ1n) is 7.03. The van der Waals surface area contributed by atoms with Crippen LogP contribution >= 0.6 is 15.9 Å². The lowest BCUT2D eigenvalue weighted by Crippen LogP contribution is -2.53. The summed E-state index contributed by atoms with van der Waals surface area (Å²) in [5.41, 5.74) is 0.731. The number of esters is 1. The van der Waals surface area contributed by atoms with Crippen LogP contribution in [0.3, 0.4) is 0 Å². The molecule has 2 aliphatic heterocycles. The molecule has 1 aliphatic carbocycles. The van der Waals surface area contributed by atoms with Gasteiger partial charge in [0.2, 0.25) is 0 Å². The largest absolute Gasteiger partial charge is 0.459 e. The molecule has 0 aromatic carbocycles. The summed E-state index contributed by atoms with van der Waals surface area (Å²) in [6.07, 6.45) is 4.93. The quantitative estimate of drug-likeness (QED) is 0.506. The third-order valence-electron chi connectivity index (χ3n) is 5.27. The zero-order valence-corrected chi connectivity index (χ0v) is 13.3. The number of rotatable bonds is 0. The zero-order chi connectivity index (χ0) is 13.8. The van der Waals surface area contributed by atoms with Crippen LogP contribution in [0.15, 0.2) is 11.6 Å². The van der Waals surface area contributed by atoms with Gasteiger partial charge in [-0.25, -0.2) is 4.79 Å². The van der Waals surface area contributed by atoms with Crippen LogP contribution in [0.5, 0.6) is 0 Å². The van der Waals surface area contributed by atoms with Gasteiger partial charge in [-0.2, -0.15) is 0 Å². The fourth-order valence-corrected chi connectivity index (χ4v) is 4.54. The average molecular weight is 329 g/mol. The van der Waals surface area contributed by atoms with E-state index in [0.717, 1.165) is 24.8 Å². The van der Waals surface area contributed by atoms with Gasteiger partial charge in [-0.3, -0.25) is 0 Å². The Morgan fingerprint density at radius 3 is 2.84 bits per heavy atom. The SMILES string of the molecule is CC1(C)C2CC=C3C(=O)OCC3O[C@@]2(C)CC[C@@H]1Br. The van der Waals surface area contributed by atoms with Crippen molar-refractivity contribution in [2.75, 3.05) is 6.61 Å². The van der Waals surface area contributed by atoms with E-state index in [0.29, 0.717) is 17.4 Å². The lowest BCUT2D eigenvalue weighted by molar-refractivity contribution is -0.152. The van der Waals surface area contributed by atoms with Crippen molar-refractivity contribution in [3.63, 3.8) is 0 Å². The van der Waals surface area contributed by atoms with Crippen LogP contribution in [0, 0.1) is 11.3 Å². The molecule has 0 aromatic rings. The molecule has 4 atom stereocenters. The smallest absolute Gasteiger partial charge is 0.336 e. The maximum Gasteiger partial charge on any atom is 0.336 e. The number of alkyl halides is 1. The molecule has 0 N–H and O–H groups in total. The van der Waals surface area contributed by atoms with Crippen molar-refractivity contribution in [3.05, 3.63) is 11.6 Å². The van der Waals surface area contributed by atoms with Crippen LogP contribution in [0.1, 0.15) is 40.0 Å². The Morgan fingerprint density at radius 2 is 2.11 bits per heavy atom. The number of halogens is 1. The molecule has 2 unspecified atom stereocenters. The number of carbonyl (C=O) groups is 1. The van der Waals surface area contributed by atoms with E-state index in [-0.39, 0.29) is 23.1 Å². The Balaban J connectivity index is 1.97. The van der Waals surface area contributed by atoms with E-state index in [1.165, 1.54) is 0 Å². The first-order chi connectivity index (χ1) is 8.84. The molecule has 2 heterocycles. The molecule has 0 spiro atoms. The molecule has 1 saturated heterocycles. The summed E-state index contributed by atoms with van der Waals surface area (Å²) in [6.45, 7) is 7.19. The van der Waals surface area contributed by atoms with E-state index in [2.05, 4.69) is 42.8 Å². The summed E-state index contributed by atoms with van der Waals surface area (Å²) in [4.78, 5) is 12.2. The molecule has 106 valence electrons. The van der Waals surface area contributed by atoms with Crippen LogP contribution in [-0.4, -0.2) is 29.1 Å². The average Bonchev–Trinajstić information content (AvgIpc) is 2.58. The minimum atomic E-state index is -0.194. The zero-order valence-electron chi connectivity index (χ0n) is 11.7. The van der Waals surface area contributed by atoms with E-state index < -0.39 is 0 Å². The van der Waals surface area contributed by atoms with Gasteiger partial charge in [0.05, 0.1) is 11.2 Å². The Labute approximate surface area is 122 Å². The van der Waals surface area contributed by atoms with E-state index in [1.54, 1.807) is 0 Å². The Bertz CT molecular complexity index is 443. The van der Waals surface area contributed by atoms with E-state index in [9.17, 15) is 4.79 Å². The van der Waals surface area contributed by atoms with Gasteiger partial charge in [0.25, 0.3) is 0 Å². The summed E-state index contributed by atoms with van der Waals surface area (Å²) in [5, 5.41) is 0. The minimum absolute atomic E-state index is 0.159. The number of hydrogen-bond donors (Lipinski definition) is 0. The van der Waals surface area contributed by atoms with E-state index in [1.807, 2.05) is 0 Å². The molecule has 0 aromatic heterocycles. The molecule has 3 rings (SSSR count). The third kappa shape index (κ3) is 1.99. The minimum Gasteiger partial charge on any atom is -0.459 e. The summed E-state index contributed by atoms with van der Waals surface area (Å²) in [5.74, 6) is 0.226. The molecule has 0 radical (unpaired) electrons. The van der Waals surface area contributed by atoms with Gasteiger partial charge in [-0.1, -0.05) is 35.9 Å². The number of allylic oxidation sites excluding steroid dienone is 1. The van der Waals surface area contributed by atoms with Crippen molar-refractivity contribution in [3.8, 4) is 0 Å². The molecule has 3 aliphatic rings. The second kappa shape index (κ2) is 4.32. The lowest BCUT2D eigenvalue weighted by Gasteiger charge is -2.52. The summed E-state index contributed by atoms with van der Waals surface area (Å²) < 4.78 is 11.5. The first kappa shape index (κ1) is 13.6. The third-order valence-corrected chi connectivity index (χ3v) is 6.91. The second-order valence-corrected chi connectivity index (χ2v) is 7.90. The molecular formula is C15H21BrO3. The second-order valence-electron chi connectivity index (χ2n) is 6.79. The van der Waals surface area contributed by atoms with Gasteiger partial charge in [-0.15, -0.1) is 0 Å². The fourth-order valence-electron chi connectivity index (χ4n) is 4.00. The first-order valence-corrected chi connectivity index (χ1v) is 7.95. The maximum atomic E-state index is 11.7. The van der Waals surface area contributed by atoms with Gasteiger partial charge in [0.15, 0.2) is 0 Å². The van der Waals surface area contributed by atoms with Gasteiger partial charge in [-0.05, 0) is 37.5 Å². The Morgan fingerprint density at radius 1 is 1.37 bits per heavy atom. The highest BCUT2D eigenvalue weighted by molar-refractivity contribution is 9.09. The number of carbonyl (C=O) groups excluding carboxylic acids is 1. The van der Waals surface area contributed by atoms with Crippen molar-refractivity contribution in [2.24, 2.45) is 11.3 Å². The Kier molecular flexibility index (Phi) is 3.10. The monoisotopic (exact) mass is 328 g/mol. The predicted molar refractivity (Wildman–Crippen MR) is 76.2 cm³/mol. The number of cyclic esters (lactones) is 1. The van der Waals surface area contributed by atoms with Crippen molar-refractivity contribution in [2.45, 2.75) is 56.6 Å². The van der Waals surface area contributed by atoms with Gasteiger partial charge in [0.1, 0.15) is 12.7 Å². The van der Waals surface area contributed by atoms with Gasteiger partial charge >= 0.3 is 5.97 Å². The van der Waals surface area contributed by atoms with Crippen LogP contribution < -0.4 is 0 Å². The highest BCUT2D eigenvalue weighted by Gasteiger charge is 2.54. The molecular weight excluding hydrogens is 308 g/mol. The van der Waals surface area contributed by atoms with E-state index >= 15 is 0 Å². The van der Waals surface area contributed by atoms with E-state index in [4.69, 9.17) is 9.47 Å². The Hall–Kier alpha value is -0.350. The number of ether oxygens (including phenoxy) is 2. The maximum absolute atomic E-state index is 11.7. The van der Waals surface area contributed by atoms with Crippen LogP contribution in [0.25, 0.3) is 0 Å². The molecule has 0 amide bonds. The number of fused-ring (bicyclic) bond motifs is 2. The molecule has 19 heavy (non-hydrogen) atoms. The number of hydrogen-bond acceptors (Lipinski definition) is 3. The van der Waals surface area contributed by atoms with Crippen molar-refractivity contribution in [1.29, 1.82) is 0 Å². The fraction of sp³-hybridized carbons (Fsp3) is 0.800. The van der Waals surface area contributed by atoms with Crippen molar-refractivity contribution >= 4 is 21.9 Å². The standard InChI is InChI=1S/C15H21BrO3/c1-14(2)11-5-4-9-10(8-18-13(9)17)19-15(11,3)7-6-12(14)16/h4,10-12H,5-8H2,1-3H3/t10?,11?,12-,15-/m0/s1. The topological polar surface area (TPSA) is 35.5 Å². The highest BCUT2D eigenvalue weighted by Crippen LogP contribution is 2.54. The van der Waals surface area contributed by atoms with Gasteiger partial charge in [0, 0.05) is 4.83 Å². The van der Waals surface area contributed by atoms with Gasteiger partial charge < -0.3 is 9.47 Å². The molecule has 4 heteroatoms. The highest BCUT2D eigenvalue weighted by atomic mass is 79.9. The molecule has 0 bridgehead atoms. The molecule has 2 fully saturated rings. The molecule has 3 nitrogen and oxygen atoms in total. The summed E-state index contributed by atoms with van der Waals surface area (Å²) >= 11 is 3.83. The van der Waals surface area contributed by atoms with Crippen LogP contribution in [0.4, 0.5) is 0 Å². The predicted octanol–water partition coefficient (Wildman–Crippen LogP) is 3.22. The summed E-state index contributed by atoms with van der Waals surface area (Å²) in [7, 11) is 0. The van der Waals surface area contributed by atoms with Crippen LogP contribution in [0.2, 0.25) is 0 Å². The molecule has 1 saturated carbocycles. The van der Waals surface area contributed by atoms with Crippen molar-refractivity contribution < 1.29 is 14.3 Å². The van der Waals surface area contributed by atoms with Crippen LogP contribution in [-0.2, 0) is 14.3 Å². The summed E-state index contributed by atoms with van der Waals surface area (Å²) in [6, 6.07) is 0.